The maximum Gasteiger partial charge on any atom is 0.338 e. The van der Waals surface area contributed by atoms with Crippen molar-refractivity contribution in [3.63, 3.8) is 0 Å². The fraction of sp³-hybridized carbons (Fsp3) is 0.471. The number of esters is 2. The SMILES string of the molecule is CCC(C)C(NC(=O)COC(=O)c1cccc(OC)c1)C(=O)OC. The summed E-state index contributed by atoms with van der Waals surface area (Å²) in [4.78, 5) is 35.6. The predicted molar refractivity (Wildman–Crippen MR) is 86.7 cm³/mol. The van der Waals surface area contributed by atoms with Gasteiger partial charge in [-0.2, -0.15) is 0 Å². The Morgan fingerprint density at radius 2 is 1.92 bits per heavy atom. The third-order valence-corrected chi connectivity index (χ3v) is 3.62. The van der Waals surface area contributed by atoms with E-state index in [0.717, 1.165) is 0 Å². The van der Waals surface area contributed by atoms with Crippen molar-refractivity contribution in [2.45, 2.75) is 26.3 Å². The summed E-state index contributed by atoms with van der Waals surface area (Å²) >= 11 is 0. The predicted octanol–water partition coefficient (Wildman–Crippen LogP) is 1.56. The molecule has 0 aliphatic carbocycles. The molecular weight excluding hydrogens is 314 g/mol. The Morgan fingerprint density at radius 3 is 2.50 bits per heavy atom. The molecule has 0 aliphatic rings. The summed E-state index contributed by atoms with van der Waals surface area (Å²) in [6, 6.07) is 5.63. The smallest absolute Gasteiger partial charge is 0.338 e. The third-order valence-electron chi connectivity index (χ3n) is 3.62. The Balaban J connectivity index is 2.60. The number of amides is 1. The molecule has 132 valence electrons. The van der Waals surface area contributed by atoms with Crippen LogP contribution in [-0.4, -0.2) is 44.7 Å². The quantitative estimate of drug-likeness (QED) is 0.724. The van der Waals surface area contributed by atoms with Gasteiger partial charge in [-0.1, -0.05) is 26.3 Å². The van der Waals surface area contributed by atoms with Crippen LogP contribution in [0.5, 0.6) is 5.75 Å². The normalized spacial score (nSPS) is 12.7. The number of carbonyl (C=O) groups is 3. The van der Waals surface area contributed by atoms with Crippen LogP contribution in [0, 0.1) is 5.92 Å². The van der Waals surface area contributed by atoms with Crippen molar-refractivity contribution in [1.29, 1.82) is 0 Å². The summed E-state index contributed by atoms with van der Waals surface area (Å²) in [5.41, 5.74) is 0.272. The molecule has 1 amide bonds. The van der Waals surface area contributed by atoms with Gasteiger partial charge in [-0.05, 0) is 24.1 Å². The lowest BCUT2D eigenvalue weighted by molar-refractivity contribution is -0.147. The molecule has 0 fully saturated rings. The number of hydrogen-bond donors (Lipinski definition) is 1. The van der Waals surface area contributed by atoms with Crippen LogP contribution in [0.3, 0.4) is 0 Å². The molecule has 1 aromatic carbocycles. The second-order valence-electron chi connectivity index (χ2n) is 5.26. The van der Waals surface area contributed by atoms with Gasteiger partial charge in [0.25, 0.3) is 5.91 Å². The number of hydrogen-bond acceptors (Lipinski definition) is 6. The zero-order valence-corrected chi connectivity index (χ0v) is 14.3. The van der Waals surface area contributed by atoms with Gasteiger partial charge in [0, 0.05) is 0 Å². The maximum absolute atomic E-state index is 11.9. The second kappa shape index (κ2) is 9.54. The first kappa shape index (κ1) is 19.5. The molecule has 24 heavy (non-hydrogen) atoms. The molecular formula is C17H23NO6. The minimum Gasteiger partial charge on any atom is -0.497 e. The molecule has 7 nitrogen and oxygen atoms in total. The van der Waals surface area contributed by atoms with Crippen LogP contribution in [0.1, 0.15) is 30.6 Å². The van der Waals surface area contributed by atoms with E-state index in [-0.39, 0.29) is 11.5 Å². The summed E-state index contributed by atoms with van der Waals surface area (Å²) in [6.07, 6.45) is 0.684. The van der Waals surface area contributed by atoms with Gasteiger partial charge in [-0.3, -0.25) is 4.79 Å². The average molecular weight is 337 g/mol. The van der Waals surface area contributed by atoms with E-state index in [1.54, 1.807) is 18.2 Å². The van der Waals surface area contributed by atoms with Crippen LogP contribution in [0.25, 0.3) is 0 Å². The Labute approximate surface area is 141 Å². The molecule has 0 aromatic heterocycles. The zero-order valence-electron chi connectivity index (χ0n) is 14.3. The molecule has 1 aromatic rings. The van der Waals surface area contributed by atoms with Gasteiger partial charge in [0.05, 0.1) is 19.8 Å². The van der Waals surface area contributed by atoms with Crippen molar-refractivity contribution in [2.75, 3.05) is 20.8 Å². The Bertz CT molecular complexity index is 586. The van der Waals surface area contributed by atoms with Crippen LogP contribution in [-0.2, 0) is 19.1 Å². The van der Waals surface area contributed by atoms with Gasteiger partial charge in [0.15, 0.2) is 6.61 Å². The van der Waals surface area contributed by atoms with Gasteiger partial charge in [-0.15, -0.1) is 0 Å². The summed E-state index contributed by atoms with van der Waals surface area (Å²) in [6.45, 7) is 3.24. The van der Waals surface area contributed by atoms with Crippen LogP contribution in [0.15, 0.2) is 24.3 Å². The van der Waals surface area contributed by atoms with Crippen molar-refractivity contribution in [1.82, 2.24) is 5.32 Å². The van der Waals surface area contributed by atoms with E-state index in [9.17, 15) is 14.4 Å². The highest BCUT2D eigenvalue weighted by molar-refractivity contribution is 5.92. The lowest BCUT2D eigenvalue weighted by Gasteiger charge is -2.21. The highest BCUT2D eigenvalue weighted by atomic mass is 16.5. The van der Waals surface area contributed by atoms with Gasteiger partial charge in [-0.25, -0.2) is 9.59 Å². The molecule has 0 saturated heterocycles. The topological polar surface area (TPSA) is 90.9 Å². The summed E-state index contributed by atoms with van der Waals surface area (Å²) in [5, 5.41) is 2.53. The lowest BCUT2D eigenvalue weighted by atomic mass is 9.99. The van der Waals surface area contributed by atoms with Crippen molar-refractivity contribution in [2.24, 2.45) is 5.92 Å². The minimum atomic E-state index is -0.775. The molecule has 0 radical (unpaired) electrons. The van der Waals surface area contributed by atoms with Gasteiger partial charge in [0.1, 0.15) is 11.8 Å². The van der Waals surface area contributed by atoms with Crippen molar-refractivity contribution in [3.8, 4) is 5.75 Å². The Morgan fingerprint density at radius 1 is 1.21 bits per heavy atom. The number of methoxy groups -OCH3 is 2. The van der Waals surface area contributed by atoms with Gasteiger partial charge in [0.2, 0.25) is 0 Å². The van der Waals surface area contributed by atoms with Crippen LogP contribution in [0.2, 0.25) is 0 Å². The molecule has 0 spiro atoms. The van der Waals surface area contributed by atoms with Crippen LogP contribution in [0.4, 0.5) is 0 Å². The number of carbonyl (C=O) groups excluding carboxylic acids is 3. The van der Waals surface area contributed by atoms with E-state index >= 15 is 0 Å². The monoisotopic (exact) mass is 337 g/mol. The zero-order chi connectivity index (χ0) is 18.1. The summed E-state index contributed by atoms with van der Waals surface area (Å²) < 4.78 is 14.7. The minimum absolute atomic E-state index is 0.101. The van der Waals surface area contributed by atoms with E-state index in [0.29, 0.717) is 12.2 Å². The highest BCUT2D eigenvalue weighted by Gasteiger charge is 2.27. The lowest BCUT2D eigenvalue weighted by Crippen LogP contribution is -2.47. The van der Waals surface area contributed by atoms with E-state index in [1.807, 2.05) is 13.8 Å². The average Bonchev–Trinajstić information content (AvgIpc) is 2.62. The molecule has 0 heterocycles. The van der Waals surface area contributed by atoms with E-state index in [4.69, 9.17) is 9.47 Å². The summed E-state index contributed by atoms with van der Waals surface area (Å²) in [5.74, 6) is -1.34. The molecule has 0 saturated carbocycles. The maximum atomic E-state index is 11.9. The fourth-order valence-corrected chi connectivity index (χ4v) is 1.98. The first-order valence-corrected chi connectivity index (χ1v) is 7.61. The molecule has 1 N–H and O–H groups in total. The summed E-state index contributed by atoms with van der Waals surface area (Å²) in [7, 11) is 2.74. The standard InChI is InChI=1S/C17H23NO6/c1-5-11(2)15(17(21)23-4)18-14(19)10-24-16(20)12-7-6-8-13(9-12)22-3/h6-9,11,15H,5,10H2,1-4H3,(H,18,19). The van der Waals surface area contributed by atoms with Crippen molar-refractivity contribution in [3.05, 3.63) is 29.8 Å². The number of rotatable bonds is 8. The fourth-order valence-electron chi connectivity index (χ4n) is 1.98. The number of nitrogens with one attached hydrogen (secondary N) is 1. The molecule has 0 aliphatic heterocycles. The Hall–Kier alpha value is -2.57. The number of ether oxygens (including phenoxy) is 3. The van der Waals surface area contributed by atoms with E-state index in [2.05, 4.69) is 10.1 Å². The molecule has 1 rings (SSSR count). The first-order chi connectivity index (χ1) is 11.4. The highest BCUT2D eigenvalue weighted by Crippen LogP contribution is 2.13. The van der Waals surface area contributed by atoms with Gasteiger partial charge < -0.3 is 19.5 Å². The second-order valence-corrected chi connectivity index (χ2v) is 5.26. The number of benzene rings is 1. The van der Waals surface area contributed by atoms with Crippen molar-refractivity contribution >= 4 is 17.8 Å². The van der Waals surface area contributed by atoms with Crippen LogP contribution < -0.4 is 10.1 Å². The van der Waals surface area contributed by atoms with Crippen LogP contribution >= 0.6 is 0 Å². The molecule has 0 bridgehead atoms. The van der Waals surface area contributed by atoms with E-state index < -0.39 is 30.5 Å². The third kappa shape index (κ3) is 5.57. The van der Waals surface area contributed by atoms with Crippen molar-refractivity contribution < 1.29 is 28.6 Å². The Kier molecular flexibility index (Phi) is 7.74. The molecule has 7 heteroatoms. The first-order valence-electron chi connectivity index (χ1n) is 7.61. The largest absolute Gasteiger partial charge is 0.497 e. The van der Waals surface area contributed by atoms with Gasteiger partial charge >= 0.3 is 11.9 Å². The molecule has 2 unspecified atom stereocenters. The van der Waals surface area contributed by atoms with E-state index in [1.165, 1.54) is 20.3 Å². The molecule has 2 atom stereocenters.